The van der Waals surface area contributed by atoms with Gasteiger partial charge in [-0.15, -0.1) is 11.3 Å². The van der Waals surface area contributed by atoms with Crippen molar-refractivity contribution in [2.75, 3.05) is 20.1 Å². The zero-order chi connectivity index (χ0) is 13.9. The van der Waals surface area contributed by atoms with Gasteiger partial charge in [0.15, 0.2) is 0 Å². The van der Waals surface area contributed by atoms with E-state index in [2.05, 4.69) is 43.3 Å². The van der Waals surface area contributed by atoms with Crippen molar-refractivity contribution >= 4 is 11.3 Å². The fraction of sp³-hybridized carbons (Fsp3) is 0.733. The molecule has 108 valence electrons. The molecule has 1 aromatic heterocycles. The van der Waals surface area contributed by atoms with Crippen LogP contribution in [0.1, 0.15) is 31.6 Å². The fourth-order valence-corrected chi connectivity index (χ4v) is 3.95. The minimum atomic E-state index is 0.105. The molecule has 19 heavy (non-hydrogen) atoms. The molecule has 2 atom stereocenters. The highest BCUT2D eigenvalue weighted by atomic mass is 32.1. The number of hydrogen-bond donors (Lipinski definition) is 1. The van der Waals surface area contributed by atoms with Gasteiger partial charge in [0.1, 0.15) is 0 Å². The molecule has 2 heterocycles. The first kappa shape index (κ1) is 15.0. The molecule has 0 aromatic carbocycles. The van der Waals surface area contributed by atoms with E-state index in [1.54, 1.807) is 0 Å². The van der Waals surface area contributed by atoms with Gasteiger partial charge in [-0.1, -0.05) is 6.07 Å². The van der Waals surface area contributed by atoms with Gasteiger partial charge < -0.3 is 10.5 Å². The first-order chi connectivity index (χ1) is 9.05. The molecule has 1 aliphatic rings. The summed E-state index contributed by atoms with van der Waals surface area (Å²) < 4.78 is 5.86. The molecule has 2 N–H and O–H groups in total. The Bertz CT molecular complexity index is 370. The van der Waals surface area contributed by atoms with Crippen LogP contribution in [0.5, 0.6) is 0 Å². The molecule has 0 bridgehead atoms. The third kappa shape index (κ3) is 3.57. The lowest BCUT2D eigenvalue weighted by atomic mass is 9.82. The van der Waals surface area contributed by atoms with Crippen LogP contribution in [0.3, 0.4) is 0 Å². The second-order valence-corrected chi connectivity index (χ2v) is 6.88. The number of rotatable bonds is 5. The van der Waals surface area contributed by atoms with Crippen molar-refractivity contribution in [2.24, 2.45) is 5.73 Å². The average Bonchev–Trinajstić information content (AvgIpc) is 2.87. The maximum Gasteiger partial charge on any atom is 0.0568 e. The number of likely N-dealkylation sites (N-methyl/N-ethyl adjacent to an activating group) is 1. The van der Waals surface area contributed by atoms with Crippen molar-refractivity contribution in [1.29, 1.82) is 0 Å². The summed E-state index contributed by atoms with van der Waals surface area (Å²) in [7, 11) is 2.21. The van der Waals surface area contributed by atoms with Gasteiger partial charge in [-0.25, -0.2) is 0 Å². The minimum Gasteiger partial charge on any atom is -0.375 e. The van der Waals surface area contributed by atoms with E-state index < -0.39 is 0 Å². The summed E-state index contributed by atoms with van der Waals surface area (Å²) in [6.07, 6.45) is 3.79. The van der Waals surface area contributed by atoms with Crippen molar-refractivity contribution in [1.82, 2.24) is 4.90 Å². The molecule has 1 fully saturated rings. The van der Waals surface area contributed by atoms with Gasteiger partial charge in [-0.3, -0.25) is 4.90 Å². The van der Waals surface area contributed by atoms with Crippen LogP contribution in [0.2, 0.25) is 0 Å². The Hall–Kier alpha value is -0.420. The van der Waals surface area contributed by atoms with E-state index in [9.17, 15) is 0 Å². The molecule has 2 rings (SSSR count). The molecule has 1 saturated heterocycles. The van der Waals surface area contributed by atoms with Crippen LogP contribution >= 0.6 is 11.3 Å². The van der Waals surface area contributed by atoms with E-state index in [1.807, 2.05) is 11.3 Å². The summed E-state index contributed by atoms with van der Waals surface area (Å²) in [4.78, 5) is 3.91. The molecule has 0 amide bonds. The summed E-state index contributed by atoms with van der Waals surface area (Å²) in [6, 6.07) is 4.33. The molecule has 3 nitrogen and oxygen atoms in total. The number of thiophene rings is 1. The normalized spacial score (nSPS) is 31.8. The molecule has 2 unspecified atom stereocenters. The maximum atomic E-state index is 6.12. The van der Waals surface area contributed by atoms with Crippen molar-refractivity contribution in [3.63, 3.8) is 0 Å². The molecular weight excluding hydrogens is 256 g/mol. The van der Waals surface area contributed by atoms with Crippen LogP contribution in [0.25, 0.3) is 0 Å². The number of ether oxygens (including phenoxy) is 1. The zero-order valence-corrected chi connectivity index (χ0v) is 13.1. The summed E-state index contributed by atoms with van der Waals surface area (Å²) in [6.45, 7) is 6.10. The SMILES string of the molecule is CC1CC(CN)(N(C)CCc2cccs2)CC(C)O1. The van der Waals surface area contributed by atoms with E-state index in [4.69, 9.17) is 10.5 Å². The predicted molar refractivity (Wildman–Crippen MR) is 81.7 cm³/mol. The van der Waals surface area contributed by atoms with Crippen molar-refractivity contribution < 1.29 is 4.74 Å². The number of nitrogens with zero attached hydrogens (tertiary/aromatic N) is 1. The second kappa shape index (κ2) is 6.35. The van der Waals surface area contributed by atoms with Crippen molar-refractivity contribution in [3.05, 3.63) is 22.4 Å². The monoisotopic (exact) mass is 282 g/mol. The van der Waals surface area contributed by atoms with E-state index in [0.717, 1.165) is 25.8 Å². The van der Waals surface area contributed by atoms with Gasteiger partial charge in [0.05, 0.1) is 12.2 Å². The summed E-state index contributed by atoms with van der Waals surface area (Å²) in [5, 5.41) is 2.15. The molecule has 1 aliphatic heterocycles. The van der Waals surface area contributed by atoms with E-state index in [1.165, 1.54) is 4.88 Å². The molecule has 0 aliphatic carbocycles. The van der Waals surface area contributed by atoms with Gasteiger partial charge in [0.25, 0.3) is 0 Å². The Kier molecular flexibility index (Phi) is 5.01. The highest BCUT2D eigenvalue weighted by Gasteiger charge is 2.40. The molecule has 0 radical (unpaired) electrons. The average molecular weight is 282 g/mol. The standard InChI is InChI=1S/C15H26N2OS/c1-12-9-15(11-16,10-13(2)18-12)17(3)7-6-14-5-4-8-19-14/h4-5,8,12-13H,6-7,9-11,16H2,1-3H3. The molecular formula is C15H26N2OS. The van der Waals surface area contributed by atoms with Gasteiger partial charge in [0, 0.05) is 23.5 Å². The predicted octanol–water partition coefficient (Wildman–Crippen LogP) is 2.51. The Labute approximate surface area is 120 Å². The lowest BCUT2D eigenvalue weighted by molar-refractivity contribution is -0.0972. The quantitative estimate of drug-likeness (QED) is 0.902. The second-order valence-electron chi connectivity index (χ2n) is 5.84. The van der Waals surface area contributed by atoms with Crippen LogP contribution in [-0.2, 0) is 11.2 Å². The van der Waals surface area contributed by atoms with Crippen molar-refractivity contribution in [3.8, 4) is 0 Å². The summed E-state index contributed by atoms with van der Waals surface area (Å²) in [5.74, 6) is 0. The van der Waals surface area contributed by atoms with Gasteiger partial charge >= 0.3 is 0 Å². The van der Waals surface area contributed by atoms with Crippen LogP contribution in [0.15, 0.2) is 17.5 Å². The number of nitrogens with two attached hydrogens (primary N) is 1. The van der Waals surface area contributed by atoms with Crippen LogP contribution < -0.4 is 5.73 Å². The summed E-state index contributed by atoms with van der Waals surface area (Å²) in [5.41, 5.74) is 6.22. The van der Waals surface area contributed by atoms with Crippen LogP contribution in [-0.4, -0.2) is 42.8 Å². The van der Waals surface area contributed by atoms with E-state index in [0.29, 0.717) is 18.8 Å². The third-order valence-corrected chi connectivity index (χ3v) is 5.20. The van der Waals surface area contributed by atoms with Gasteiger partial charge in [0.2, 0.25) is 0 Å². The maximum absolute atomic E-state index is 6.12. The largest absolute Gasteiger partial charge is 0.375 e. The summed E-state index contributed by atoms with van der Waals surface area (Å²) >= 11 is 1.84. The molecule has 0 saturated carbocycles. The third-order valence-electron chi connectivity index (χ3n) is 4.26. The first-order valence-corrected chi connectivity index (χ1v) is 8.03. The van der Waals surface area contributed by atoms with Crippen LogP contribution in [0, 0.1) is 0 Å². The van der Waals surface area contributed by atoms with Crippen LogP contribution in [0.4, 0.5) is 0 Å². The molecule has 0 spiro atoms. The van der Waals surface area contributed by atoms with E-state index in [-0.39, 0.29) is 5.54 Å². The zero-order valence-electron chi connectivity index (χ0n) is 12.3. The fourth-order valence-electron chi connectivity index (χ4n) is 3.25. The Morgan fingerprint density at radius 1 is 1.42 bits per heavy atom. The lowest BCUT2D eigenvalue weighted by Gasteiger charge is -2.48. The molecule has 1 aromatic rings. The topological polar surface area (TPSA) is 38.5 Å². The van der Waals surface area contributed by atoms with Crippen molar-refractivity contribution in [2.45, 2.75) is 50.9 Å². The highest BCUT2D eigenvalue weighted by Crippen LogP contribution is 2.32. The van der Waals surface area contributed by atoms with Gasteiger partial charge in [-0.05, 0) is 51.6 Å². The smallest absolute Gasteiger partial charge is 0.0568 e. The minimum absolute atomic E-state index is 0.105. The Morgan fingerprint density at radius 2 is 2.11 bits per heavy atom. The van der Waals surface area contributed by atoms with E-state index >= 15 is 0 Å². The first-order valence-electron chi connectivity index (χ1n) is 7.15. The lowest BCUT2D eigenvalue weighted by Crippen LogP contribution is -2.58. The Morgan fingerprint density at radius 3 is 2.63 bits per heavy atom. The molecule has 4 heteroatoms. The highest BCUT2D eigenvalue weighted by molar-refractivity contribution is 7.09. The van der Waals surface area contributed by atoms with Gasteiger partial charge in [-0.2, -0.15) is 0 Å². The number of hydrogen-bond acceptors (Lipinski definition) is 4. The Balaban J connectivity index is 1.99.